The number of alkyl halides is 1. The molecule has 1 aliphatic heterocycles. The van der Waals surface area contributed by atoms with Crippen LogP contribution in [0.5, 0.6) is 0 Å². The van der Waals surface area contributed by atoms with Gasteiger partial charge in [-0.1, -0.05) is 0 Å². The lowest BCUT2D eigenvalue weighted by Gasteiger charge is -2.34. The standard InChI is InChI=1S/C18H15BrF2N4O2/c1-9-5-22-17(23-6-9)24-13(26)7-25-8-18(4-12(18)20)14-10(16(25)27)2-3-11(19)15(14)21/h2-3,5-6,12H,4,7-8H2,1H3,(H,22,23,24,26)/t12-,18-/m0/s1. The van der Waals surface area contributed by atoms with Gasteiger partial charge < -0.3 is 4.90 Å². The molecule has 0 radical (unpaired) electrons. The predicted octanol–water partition coefficient (Wildman–Crippen LogP) is 2.76. The van der Waals surface area contributed by atoms with Gasteiger partial charge in [0.05, 0.1) is 9.89 Å². The molecule has 2 heterocycles. The van der Waals surface area contributed by atoms with E-state index in [0.29, 0.717) is 0 Å². The van der Waals surface area contributed by atoms with Crippen molar-refractivity contribution in [3.63, 3.8) is 0 Å². The van der Waals surface area contributed by atoms with Gasteiger partial charge in [-0.25, -0.2) is 18.7 Å². The van der Waals surface area contributed by atoms with Crippen LogP contribution in [-0.2, 0) is 10.2 Å². The van der Waals surface area contributed by atoms with Crippen LogP contribution in [0.25, 0.3) is 0 Å². The number of anilines is 1. The van der Waals surface area contributed by atoms with E-state index in [9.17, 15) is 18.4 Å². The topological polar surface area (TPSA) is 75.2 Å². The molecule has 1 aromatic heterocycles. The molecule has 2 amide bonds. The normalized spacial score (nSPS) is 23.3. The second-order valence-electron chi connectivity index (χ2n) is 6.91. The Morgan fingerprint density at radius 2 is 2.07 bits per heavy atom. The number of halogens is 3. The van der Waals surface area contributed by atoms with Crippen LogP contribution in [0.2, 0.25) is 0 Å². The van der Waals surface area contributed by atoms with E-state index in [1.54, 1.807) is 12.4 Å². The van der Waals surface area contributed by atoms with E-state index >= 15 is 0 Å². The lowest BCUT2D eigenvalue weighted by molar-refractivity contribution is -0.117. The van der Waals surface area contributed by atoms with E-state index < -0.39 is 29.2 Å². The first-order chi connectivity index (χ1) is 12.8. The molecule has 1 fully saturated rings. The van der Waals surface area contributed by atoms with Crippen LogP contribution in [0.15, 0.2) is 29.0 Å². The minimum absolute atomic E-state index is 0.0461. The van der Waals surface area contributed by atoms with Crippen LogP contribution >= 0.6 is 15.9 Å². The molecule has 0 bridgehead atoms. The molecule has 4 rings (SSSR count). The highest BCUT2D eigenvalue weighted by atomic mass is 79.9. The van der Waals surface area contributed by atoms with Gasteiger partial charge in [-0.05, 0) is 47.0 Å². The van der Waals surface area contributed by atoms with Crippen LogP contribution in [-0.4, -0.2) is 45.9 Å². The highest BCUT2D eigenvalue weighted by molar-refractivity contribution is 9.10. The van der Waals surface area contributed by atoms with Crippen molar-refractivity contribution in [2.75, 3.05) is 18.4 Å². The quantitative estimate of drug-likeness (QED) is 0.802. The summed E-state index contributed by atoms with van der Waals surface area (Å²) in [6.07, 6.45) is 1.98. The van der Waals surface area contributed by atoms with E-state index in [1.165, 1.54) is 17.0 Å². The molecule has 9 heteroatoms. The number of aryl methyl sites for hydroxylation is 1. The van der Waals surface area contributed by atoms with Crippen LogP contribution in [0.4, 0.5) is 14.7 Å². The Kier molecular flexibility index (Phi) is 4.21. The molecule has 140 valence electrons. The Labute approximate surface area is 162 Å². The Bertz CT molecular complexity index is 953. The predicted molar refractivity (Wildman–Crippen MR) is 96.6 cm³/mol. The molecule has 1 aliphatic carbocycles. The van der Waals surface area contributed by atoms with Crippen molar-refractivity contribution in [3.8, 4) is 0 Å². The number of benzene rings is 1. The number of rotatable bonds is 3. The molecule has 1 N–H and O–H groups in total. The summed E-state index contributed by atoms with van der Waals surface area (Å²) in [6.45, 7) is 1.48. The summed E-state index contributed by atoms with van der Waals surface area (Å²) in [6, 6.07) is 2.88. The summed E-state index contributed by atoms with van der Waals surface area (Å²) < 4.78 is 29.0. The van der Waals surface area contributed by atoms with Gasteiger partial charge >= 0.3 is 0 Å². The lowest BCUT2D eigenvalue weighted by Crippen LogP contribution is -2.48. The molecule has 0 unspecified atom stereocenters. The maximum Gasteiger partial charge on any atom is 0.254 e. The summed E-state index contributed by atoms with van der Waals surface area (Å²) >= 11 is 3.09. The molecule has 1 aromatic carbocycles. The van der Waals surface area contributed by atoms with Crippen molar-refractivity contribution in [2.45, 2.75) is 24.9 Å². The van der Waals surface area contributed by atoms with Gasteiger partial charge in [-0.3, -0.25) is 14.9 Å². The average molecular weight is 437 g/mol. The molecule has 27 heavy (non-hydrogen) atoms. The molecular weight excluding hydrogens is 422 g/mol. The summed E-state index contributed by atoms with van der Waals surface area (Å²) in [7, 11) is 0. The summed E-state index contributed by atoms with van der Waals surface area (Å²) in [5.41, 5.74) is -0.0411. The first-order valence-corrected chi connectivity index (χ1v) is 9.11. The zero-order valence-electron chi connectivity index (χ0n) is 14.3. The third-order valence-corrected chi connectivity index (χ3v) is 5.55. The van der Waals surface area contributed by atoms with Crippen molar-refractivity contribution in [2.24, 2.45) is 0 Å². The van der Waals surface area contributed by atoms with Gasteiger partial charge in [0.25, 0.3) is 5.91 Å². The summed E-state index contributed by atoms with van der Waals surface area (Å²) in [4.78, 5) is 34.2. The number of nitrogens with zero attached hydrogens (tertiary/aromatic N) is 3. The third-order valence-electron chi connectivity index (χ3n) is 4.93. The summed E-state index contributed by atoms with van der Waals surface area (Å²) in [5.74, 6) is -1.49. The zero-order chi connectivity index (χ0) is 19.3. The maximum atomic E-state index is 14.6. The minimum atomic E-state index is -1.25. The van der Waals surface area contributed by atoms with E-state index in [1.807, 2.05) is 6.92 Å². The molecule has 2 aromatic rings. The minimum Gasteiger partial charge on any atom is -0.328 e. The summed E-state index contributed by atoms with van der Waals surface area (Å²) in [5, 5.41) is 2.51. The molecule has 2 atom stereocenters. The SMILES string of the molecule is Cc1cnc(NC(=O)CN2C[C@]3(C[C@@H]3F)c3c(ccc(Br)c3F)C2=O)nc1. The van der Waals surface area contributed by atoms with E-state index in [-0.39, 0.29) is 41.1 Å². The van der Waals surface area contributed by atoms with Gasteiger partial charge in [-0.15, -0.1) is 0 Å². The highest BCUT2D eigenvalue weighted by Crippen LogP contribution is 2.55. The van der Waals surface area contributed by atoms with Crippen molar-refractivity contribution >= 4 is 33.7 Å². The second-order valence-corrected chi connectivity index (χ2v) is 7.76. The third kappa shape index (κ3) is 2.99. The number of hydrogen-bond acceptors (Lipinski definition) is 4. The van der Waals surface area contributed by atoms with Crippen LogP contribution < -0.4 is 5.32 Å². The fourth-order valence-electron chi connectivity index (χ4n) is 3.48. The zero-order valence-corrected chi connectivity index (χ0v) is 15.9. The van der Waals surface area contributed by atoms with E-state index in [0.717, 1.165) is 5.56 Å². The molecular formula is C18H15BrF2N4O2. The first kappa shape index (κ1) is 18.0. The van der Waals surface area contributed by atoms with Crippen molar-refractivity contribution < 1.29 is 18.4 Å². The lowest BCUT2D eigenvalue weighted by atomic mass is 9.85. The Hall–Kier alpha value is -2.42. The number of amides is 2. The molecule has 6 nitrogen and oxygen atoms in total. The van der Waals surface area contributed by atoms with Gasteiger partial charge in [0.2, 0.25) is 11.9 Å². The Morgan fingerprint density at radius 3 is 2.70 bits per heavy atom. The highest BCUT2D eigenvalue weighted by Gasteiger charge is 2.62. The van der Waals surface area contributed by atoms with Crippen LogP contribution in [0.3, 0.4) is 0 Å². The average Bonchev–Trinajstić information content (AvgIpc) is 3.26. The smallest absolute Gasteiger partial charge is 0.254 e. The second kappa shape index (κ2) is 6.33. The van der Waals surface area contributed by atoms with Gasteiger partial charge in [-0.2, -0.15) is 0 Å². The van der Waals surface area contributed by atoms with Crippen LogP contribution in [0.1, 0.15) is 27.9 Å². The largest absolute Gasteiger partial charge is 0.328 e. The number of aromatic nitrogens is 2. The van der Waals surface area contributed by atoms with Crippen molar-refractivity contribution in [1.82, 2.24) is 14.9 Å². The molecule has 0 saturated heterocycles. The monoisotopic (exact) mass is 436 g/mol. The molecule has 1 saturated carbocycles. The Morgan fingerprint density at radius 1 is 1.41 bits per heavy atom. The van der Waals surface area contributed by atoms with Gasteiger partial charge in [0, 0.05) is 30.1 Å². The van der Waals surface area contributed by atoms with E-state index in [4.69, 9.17) is 0 Å². The number of hydrogen-bond donors (Lipinski definition) is 1. The van der Waals surface area contributed by atoms with Crippen molar-refractivity contribution in [1.29, 1.82) is 0 Å². The van der Waals surface area contributed by atoms with E-state index in [2.05, 4.69) is 31.2 Å². The van der Waals surface area contributed by atoms with Gasteiger partial charge in [0.1, 0.15) is 18.5 Å². The van der Waals surface area contributed by atoms with Gasteiger partial charge in [0.15, 0.2) is 0 Å². The fourth-order valence-corrected chi connectivity index (χ4v) is 3.81. The number of carbonyl (C=O) groups is 2. The number of nitrogens with one attached hydrogen (secondary N) is 1. The van der Waals surface area contributed by atoms with Crippen LogP contribution in [0, 0.1) is 12.7 Å². The first-order valence-electron chi connectivity index (χ1n) is 8.32. The number of carbonyl (C=O) groups excluding carboxylic acids is 2. The van der Waals surface area contributed by atoms with Crippen molar-refractivity contribution in [3.05, 3.63) is 51.5 Å². The number of fused-ring (bicyclic) bond motifs is 2. The Balaban J connectivity index is 1.58. The molecule has 1 spiro atoms. The maximum absolute atomic E-state index is 14.6. The fraction of sp³-hybridized carbons (Fsp3) is 0.333. The molecule has 2 aliphatic rings.